The van der Waals surface area contributed by atoms with Gasteiger partial charge in [0.1, 0.15) is 12.4 Å². The Kier molecular flexibility index (Phi) is 6.15. The molecule has 150 valence electrons. The second-order valence-corrected chi connectivity index (χ2v) is 6.23. The molecule has 0 saturated carbocycles. The standard InChI is InChI=1S/C22H17N3O5/c23-11-14-4-6-15(7-5-14)13-30-18-3-1-2-16(8-18)12-24-25-22(29)17-9-19(26)21(28)20(27)10-17/h1-10,12,26-28H,13H2,(H,25,29)/b24-12+. The summed E-state index contributed by atoms with van der Waals surface area (Å²) in [5.74, 6) is -2.01. The summed E-state index contributed by atoms with van der Waals surface area (Å²) in [5, 5.41) is 40.9. The molecule has 3 rings (SSSR count). The predicted molar refractivity (Wildman–Crippen MR) is 108 cm³/mol. The molecule has 30 heavy (non-hydrogen) atoms. The van der Waals surface area contributed by atoms with Crippen LogP contribution in [0.1, 0.15) is 27.0 Å². The number of benzene rings is 3. The van der Waals surface area contributed by atoms with Crippen LogP contribution in [0.25, 0.3) is 0 Å². The highest BCUT2D eigenvalue weighted by Crippen LogP contribution is 2.35. The topological polar surface area (TPSA) is 135 Å². The van der Waals surface area contributed by atoms with Crippen LogP contribution in [0.2, 0.25) is 0 Å². The van der Waals surface area contributed by atoms with Crippen molar-refractivity contribution in [2.75, 3.05) is 0 Å². The van der Waals surface area contributed by atoms with E-state index in [-0.39, 0.29) is 5.56 Å². The fraction of sp³-hybridized carbons (Fsp3) is 0.0455. The smallest absolute Gasteiger partial charge is 0.271 e. The van der Waals surface area contributed by atoms with E-state index in [1.54, 1.807) is 36.4 Å². The van der Waals surface area contributed by atoms with Gasteiger partial charge in [0.2, 0.25) is 0 Å². The monoisotopic (exact) mass is 403 g/mol. The average molecular weight is 403 g/mol. The van der Waals surface area contributed by atoms with E-state index < -0.39 is 23.2 Å². The minimum atomic E-state index is -0.701. The Labute approximate surface area is 171 Å². The molecule has 0 aliphatic carbocycles. The zero-order valence-electron chi connectivity index (χ0n) is 15.6. The molecule has 4 N–H and O–H groups in total. The Morgan fingerprint density at radius 1 is 1.07 bits per heavy atom. The summed E-state index contributed by atoms with van der Waals surface area (Å²) in [6, 6.07) is 18.2. The van der Waals surface area contributed by atoms with Gasteiger partial charge in [0.05, 0.1) is 17.8 Å². The minimum absolute atomic E-state index is 0.0700. The SMILES string of the molecule is N#Cc1ccc(COc2cccc(/C=N/NC(=O)c3cc(O)c(O)c(O)c3)c2)cc1. The third kappa shape index (κ3) is 5.05. The van der Waals surface area contributed by atoms with Crippen molar-refractivity contribution in [3.05, 3.63) is 82.9 Å². The lowest BCUT2D eigenvalue weighted by molar-refractivity contribution is 0.0954. The van der Waals surface area contributed by atoms with Crippen LogP contribution in [0, 0.1) is 11.3 Å². The van der Waals surface area contributed by atoms with Crippen LogP contribution < -0.4 is 10.2 Å². The maximum Gasteiger partial charge on any atom is 0.271 e. The largest absolute Gasteiger partial charge is 0.504 e. The summed E-state index contributed by atoms with van der Waals surface area (Å²) in [4.78, 5) is 12.0. The predicted octanol–water partition coefficient (Wildman–Crippen LogP) is 3.02. The summed E-state index contributed by atoms with van der Waals surface area (Å²) < 4.78 is 5.73. The molecule has 0 aliphatic heterocycles. The van der Waals surface area contributed by atoms with Gasteiger partial charge in [0, 0.05) is 5.56 Å². The lowest BCUT2D eigenvalue weighted by Crippen LogP contribution is -2.17. The van der Waals surface area contributed by atoms with Gasteiger partial charge in [-0.3, -0.25) is 4.79 Å². The molecule has 0 unspecified atom stereocenters. The normalized spacial score (nSPS) is 10.5. The van der Waals surface area contributed by atoms with E-state index in [9.17, 15) is 20.1 Å². The van der Waals surface area contributed by atoms with E-state index in [2.05, 4.69) is 16.6 Å². The van der Waals surface area contributed by atoms with Crippen molar-refractivity contribution in [1.82, 2.24) is 5.43 Å². The Morgan fingerprint density at radius 2 is 1.77 bits per heavy atom. The number of hydrazone groups is 1. The second kappa shape index (κ2) is 9.12. The molecular weight excluding hydrogens is 386 g/mol. The third-order valence-electron chi connectivity index (χ3n) is 4.06. The van der Waals surface area contributed by atoms with Crippen LogP contribution in [0.3, 0.4) is 0 Å². The van der Waals surface area contributed by atoms with Gasteiger partial charge in [0.15, 0.2) is 17.2 Å². The minimum Gasteiger partial charge on any atom is -0.504 e. The van der Waals surface area contributed by atoms with Crippen molar-refractivity contribution in [1.29, 1.82) is 5.26 Å². The number of carbonyl (C=O) groups is 1. The molecule has 0 atom stereocenters. The number of hydrogen-bond acceptors (Lipinski definition) is 7. The van der Waals surface area contributed by atoms with Crippen LogP contribution in [0.5, 0.6) is 23.0 Å². The van der Waals surface area contributed by atoms with Crippen LogP contribution in [0.15, 0.2) is 65.8 Å². The maximum atomic E-state index is 12.0. The number of aromatic hydroxyl groups is 3. The Balaban J connectivity index is 1.59. The number of rotatable bonds is 6. The van der Waals surface area contributed by atoms with Crippen molar-refractivity contribution in [2.45, 2.75) is 6.61 Å². The zero-order chi connectivity index (χ0) is 21.5. The summed E-state index contributed by atoms with van der Waals surface area (Å²) in [6.45, 7) is 0.330. The van der Waals surface area contributed by atoms with Gasteiger partial charge in [0.25, 0.3) is 5.91 Å². The fourth-order valence-electron chi connectivity index (χ4n) is 2.49. The first-order valence-electron chi connectivity index (χ1n) is 8.76. The van der Waals surface area contributed by atoms with Crippen molar-refractivity contribution < 1.29 is 24.9 Å². The van der Waals surface area contributed by atoms with Crippen molar-refractivity contribution in [2.24, 2.45) is 5.10 Å². The van der Waals surface area contributed by atoms with E-state index in [4.69, 9.17) is 10.00 Å². The molecule has 0 saturated heterocycles. The summed E-state index contributed by atoms with van der Waals surface area (Å²) in [7, 11) is 0. The van der Waals surface area contributed by atoms with E-state index in [0.29, 0.717) is 23.5 Å². The van der Waals surface area contributed by atoms with Gasteiger partial charge in [-0.15, -0.1) is 0 Å². The van der Waals surface area contributed by atoms with Gasteiger partial charge < -0.3 is 20.1 Å². The molecule has 8 heteroatoms. The van der Waals surface area contributed by atoms with E-state index in [0.717, 1.165) is 17.7 Å². The van der Waals surface area contributed by atoms with Gasteiger partial charge >= 0.3 is 0 Å². The number of ether oxygens (including phenoxy) is 1. The molecule has 1 amide bonds. The van der Waals surface area contributed by atoms with Gasteiger partial charge in [-0.2, -0.15) is 10.4 Å². The first kappa shape index (κ1) is 20.2. The number of nitriles is 1. The molecule has 0 radical (unpaired) electrons. The van der Waals surface area contributed by atoms with E-state index in [1.165, 1.54) is 6.21 Å². The molecule has 0 spiro atoms. The van der Waals surface area contributed by atoms with Crippen molar-refractivity contribution in [3.8, 4) is 29.1 Å². The first-order chi connectivity index (χ1) is 14.5. The molecule has 0 bridgehead atoms. The molecule has 8 nitrogen and oxygen atoms in total. The highest BCUT2D eigenvalue weighted by molar-refractivity contribution is 5.96. The van der Waals surface area contributed by atoms with Gasteiger partial charge in [-0.1, -0.05) is 24.3 Å². The lowest BCUT2D eigenvalue weighted by Gasteiger charge is -2.07. The highest BCUT2D eigenvalue weighted by atomic mass is 16.5. The summed E-state index contributed by atoms with van der Waals surface area (Å²) >= 11 is 0. The number of nitrogens with one attached hydrogen (secondary N) is 1. The number of carbonyl (C=O) groups excluding carboxylic acids is 1. The molecule has 0 heterocycles. The number of phenols is 3. The average Bonchev–Trinajstić information content (AvgIpc) is 2.76. The Hall–Kier alpha value is -4.51. The number of amides is 1. The first-order valence-corrected chi connectivity index (χ1v) is 8.76. The van der Waals surface area contributed by atoms with Crippen molar-refractivity contribution >= 4 is 12.1 Å². The van der Waals surface area contributed by atoms with Gasteiger partial charge in [-0.25, -0.2) is 5.43 Å². The number of phenolic OH excluding ortho intramolecular Hbond substituents is 3. The Morgan fingerprint density at radius 3 is 2.43 bits per heavy atom. The molecule has 3 aromatic carbocycles. The summed E-state index contributed by atoms with van der Waals surface area (Å²) in [6.07, 6.45) is 1.41. The van der Waals surface area contributed by atoms with E-state index in [1.807, 2.05) is 12.1 Å². The maximum absolute atomic E-state index is 12.0. The van der Waals surface area contributed by atoms with E-state index >= 15 is 0 Å². The Bertz CT molecular complexity index is 1110. The lowest BCUT2D eigenvalue weighted by atomic mass is 10.1. The third-order valence-corrected chi connectivity index (χ3v) is 4.06. The zero-order valence-corrected chi connectivity index (χ0v) is 15.6. The summed E-state index contributed by atoms with van der Waals surface area (Å²) in [5.41, 5.74) is 4.37. The molecular formula is C22H17N3O5. The van der Waals surface area contributed by atoms with Crippen LogP contribution >= 0.6 is 0 Å². The quantitative estimate of drug-likeness (QED) is 0.284. The second-order valence-electron chi connectivity index (χ2n) is 6.23. The molecule has 0 aromatic heterocycles. The van der Waals surface area contributed by atoms with Gasteiger partial charge in [-0.05, 0) is 47.5 Å². The van der Waals surface area contributed by atoms with Crippen LogP contribution in [0.4, 0.5) is 0 Å². The molecule has 3 aromatic rings. The molecule has 0 fully saturated rings. The van der Waals surface area contributed by atoms with Crippen molar-refractivity contribution in [3.63, 3.8) is 0 Å². The fourth-order valence-corrected chi connectivity index (χ4v) is 2.49. The molecule has 0 aliphatic rings. The van der Waals surface area contributed by atoms with Crippen LogP contribution in [-0.4, -0.2) is 27.4 Å². The number of nitrogens with zero attached hydrogens (tertiary/aromatic N) is 2. The van der Waals surface area contributed by atoms with Crippen LogP contribution in [-0.2, 0) is 6.61 Å². The highest BCUT2D eigenvalue weighted by Gasteiger charge is 2.12. The number of hydrogen-bond donors (Lipinski definition) is 4.